The second kappa shape index (κ2) is 5.58. The lowest BCUT2D eigenvalue weighted by Crippen LogP contribution is -2.34. The van der Waals surface area contributed by atoms with Crippen molar-refractivity contribution >= 4 is 23.4 Å². The molecule has 0 spiro atoms. The fourth-order valence-corrected chi connectivity index (χ4v) is 2.64. The van der Waals surface area contributed by atoms with Crippen molar-refractivity contribution in [3.05, 3.63) is 6.07 Å². The summed E-state index contributed by atoms with van der Waals surface area (Å²) >= 11 is 1.54. The van der Waals surface area contributed by atoms with Gasteiger partial charge in [0.15, 0.2) is 5.16 Å². The second-order valence-corrected chi connectivity index (χ2v) is 5.25. The molecule has 2 heterocycles. The van der Waals surface area contributed by atoms with E-state index in [0.29, 0.717) is 5.82 Å². The van der Waals surface area contributed by atoms with E-state index in [2.05, 4.69) is 21.8 Å². The predicted molar refractivity (Wildman–Crippen MR) is 73.5 cm³/mol. The molecule has 0 aromatic carbocycles. The van der Waals surface area contributed by atoms with Gasteiger partial charge in [-0.2, -0.15) is 0 Å². The summed E-state index contributed by atoms with van der Waals surface area (Å²) in [6.45, 7) is 4.44. The first kappa shape index (κ1) is 12.5. The molecule has 94 valence electrons. The molecule has 5 heteroatoms. The van der Waals surface area contributed by atoms with Gasteiger partial charge in [-0.3, -0.25) is 0 Å². The molecule has 0 unspecified atom stereocenters. The zero-order valence-electron chi connectivity index (χ0n) is 10.5. The fraction of sp³-hybridized carbons (Fsp3) is 0.667. The molecule has 1 aliphatic heterocycles. The van der Waals surface area contributed by atoms with Gasteiger partial charge in [0.2, 0.25) is 0 Å². The van der Waals surface area contributed by atoms with Crippen molar-refractivity contribution in [2.24, 2.45) is 5.92 Å². The summed E-state index contributed by atoms with van der Waals surface area (Å²) in [5.74, 6) is 2.43. The fourth-order valence-electron chi connectivity index (χ4n) is 2.25. The normalized spacial score (nSPS) is 17.4. The third-order valence-corrected chi connectivity index (χ3v) is 3.96. The summed E-state index contributed by atoms with van der Waals surface area (Å²) in [6.07, 6.45) is 5.78. The van der Waals surface area contributed by atoms with Gasteiger partial charge in [0.1, 0.15) is 11.6 Å². The maximum absolute atomic E-state index is 5.80. The van der Waals surface area contributed by atoms with Crippen LogP contribution in [0.25, 0.3) is 0 Å². The highest BCUT2D eigenvalue weighted by Gasteiger charge is 2.19. The third kappa shape index (κ3) is 3.03. The first-order chi connectivity index (χ1) is 8.22. The molecule has 1 saturated heterocycles. The van der Waals surface area contributed by atoms with E-state index in [1.54, 1.807) is 0 Å². The zero-order chi connectivity index (χ0) is 12.3. The molecule has 2 N–H and O–H groups in total. The Balaban J connectivity index is 2.10. The molecule has 1 aliphatic rings. The average molecular weight is 252 g/mol. The minimum absolute atomic E-state index is 0.567. The Morgan fingerprint density at radius 2 is 2.12 bits per heavy atom. The summed E-state index contributed by atoms with van der Waals surface area (Å²) in [4.78, 5) is 11.0. The quantitative estimate of drug-likeness (QED) is 0.661. The van der Waals surface area contributed by atoms with Gasteiger partial charge in [-0.1, -0.05) is 25.1 Å². The van der Waals surface area contributed by atoms with Crippen LogP contribution >= 0.6 is 11.8 Å². The molecule has 1 aromatic heterocycles. The van der Waals surface area contributed by atoms with Crippen molar-refractivity contribution in [1.29, 1.82) is 0 Å². The van der Waals surface area contributed by atoms with Gasteiger partial charge < -0.3 is 10.6 Å². The van der Waals surface area contributed by atoms with E-state index in [1.807, 2.05) is 12.3 Å². The lowest BCUT2D eigenvalue weighted by atomic mass is 9.94. The maximum Gasteiger partial charge on any atom is 0.191 e. The first-order valence-electron chi connectivity index (χ1n) is 6.16. The van der Waals surface area contributed by atoms with Crippen LogP contribution in [0.4, 0.5) is 11.6 Å². The van der Waals surface area contributed by atoms with E-state index in [-0.39, 0.29) is 0 Å². The standard InChI is InChI=1S/C12H20N4S/c1-3-9-4-6-16(7-5-9)11-8-10(13)14-12(15-11)17-2/h8-9H,3-7H2,1-2H3,(H2,13,14,15). The van der Waals surface area contributed by atoms with E-state index in [9.17, 15) is 0 Å². The van der Waals surface area contributed by atoms with Crippen LogP contribution < -0.4 is 10.6 Å². The number of nitrogen functional groups attached to an aromatic ring is 1. The van der Waals surface area contributed by atoms with E-state index in [0.717, 1.165) is 30.0 Å². The minimum atomic E-state index is 0.567. The van der Waals surface area contributed by atoms with Crippen LogP contribution in [0.1, 0.15) is 26.2 Å². The molecular formula is C12H20N4S. The molecule has 0 bridgehead atoms. The number of piperidine rings is 1. The molecule has 17 heavy (non-hydrogen) atoms. The number of nitrogens with zero attached hydrogens (tertiary/aromatic N) is 3. The summed E-state index contributed by atoms with van der Waals surface area (Å²) < 4.78 is 0. The van der Waals surface area contributed by atoms with Crippen LogP contribution in [0.15, 0.2) is 11.2 Å². The van der Waals surface area contributed by atoms with Crippen molar-refractivity contribution in [2.75, 3.05) is 30.0 Å². The third-order valence-electron chi connectivity index (χ3n) is 3.41. The predicted octanol–water partition coefficient (Wildman–Crippen LogP) is 2.41. The molecule has 4 nitrogen and oxygen atoms in total. The number of hydrogen-bond acceptors (Lipinski definition) is 5. The zero-order valence-corrected chi connectivity index (χ0v) is 11.3. The molecule has 0 saturated carbocycles. The Kier molecular flexibility index (Phi) is 4.10. The van der Waals surface area contributed by atoms with Crippen LogP contribution in [0.3, 0.4) is 0 Å². The number of hydrogen-bond donors (Lipinski definition) is 1. The molecule has 1 aromatic rings. The highest BCUT2D eigenvalue weighted by molar-refractivity contribution is 7.98. The van der Waals surface area contributed by atoms with Gasteiger partial charge in [0.25, 0.3) is 0 Å². The van der Waals surface area contributed by atoms with Gasteiger partial charge in [-0.15, -0.1) is 0 Å². The van der Waals surface area contributed by atoms with Crippen LogP contribution in [0.5, 0.6) is 0 Å². The Bertz CT molecular complexity index is 375. The highest BCUT2D eigenvalue weighted by Crippen LogP contribution is 2.25. The van der Waals surface area contributed by atoms with Crippen molar-refractivity contribution in [3.8, 4) is 0 Å². The average Bonchev–Trinajstić information content (AvgIpc) is 2.38. The van der Waals surface area contributed by atoms with Gasteiger partial charge >= 0.3 is 0 Å². The van der Waals surface area contributed by atoms with Crippen LogP contribution in [-0.2, 0) is 0 Å². The molecule has 2 rings (SSSR count). The van der Waals surface area contributed by atoms with Gasteiger partial charge in [0, 0.05) is 19.2 Å². The lowest BCUT2D eigenvalue weighted by Gasteiger charge is -2.32. The number of anilines is 2. The minimum Gasteiger partial charge on any atom is -0.383 e. The van der Waals surface area contributed by atoms with Crippen LogP contribution in [0, 0.1) is 5.92 Å². The van der Waals surface area contributed by atoms with E-state index >= 15 is 0 Å². The molecule has 1 fully saturated rings. The van der Waals surface area contributed by atoms with E-state index in [1.165, 1.54) is 31.0 Å². The molecule has 0 radical (unpaired) electrons. The highest BCUT2D eigenvalue weighted by atomic mass is 32.2. The molecule has 0 atom stereocenters. The Morgan fingerprint density at radius 3 is 2.71 bits per heavy atom. The summed E-state index contributed by atoms with van der Waals surface area (Å²) in [5.41, 5.74) is 5.80. The summed E-state index contributed by atoms with van der Waals surface area (Å²) in [7, 11) is 0. The lowest BCUT2D eigenvalue weighted by molar-refractivity contribution is 0.393. The first-order valence-corrected chi connectivity index (χ1v) is 7.39. The largest absolute Gasteiger partial charge is 0.383 e. The van der Waals surface area contributed by atoms with Crippen LogP contribution in [0.2, 0.25) is 0 Å². The van der Waals surface area contributed by atoms with Gasteiger partial charge in [-0.05, 0) is 25.0 Å². The molecular weight excluding hydrogens is 232 g/mol. The van der Waals surface area contributed by atoms with Gasteiger partial charge in [0.05, 0.1) is 0 Å². The molecule has 0 aliphatic carbocycles. The topological polar surface area (TPSA) is 55.0 Å². The number of rotatable bonds is 3. The smallest absolute Gasteiger partial charge is 0.191 e. The SMILES string of the molecule is CCC1CCN(c2cc(N)nc(SC)n2)CC1. The van der Waals surface area contributed by atoms with Crippen molar-refractivity contribution in [1.82, 2.24) is 9.97 Å². The number of nitrogens with two attached hydrogens (primary N) is 1. The van der Waals surface area contributed by atoms with E-state index < -0.39 is 0 Å². The number of aromatic nitrogens is 2. The Labute approximate surface area is 107 Å². The van der Waals surface area contributed by atoms with E-state index in [4.69, 9.17) is 5.73 Å². The summed E-state index contributed by atoms with van der Waals surface area (Å²) in [5, 5.41) is 0.762. The van der Waals surface area contributed by atoms with Crippen molar-refractivity contribution in [2.45, 2.75) is 31.3 Å². The van der Waals surface area contributed by atoms with Crippen molar-refractivity contribution < 1.29 is 0 Å². The summed E-state index contributed by atoms with van der Waals surface area (Å²) in [6, 6.07) is 1.88. The maximum atomic E-state index is 5.80. The number of thioether (sulfide) groups is 1. The van der Waals surface area contributed by atoms with Crippen molar-refractivity contribution in [3.63, 3.8) is 0 Å². The van der Waals surface area contributed by atoms with Gasteiger partial charge in [-0.25, -0.2) is 9.97 Å². The second-order valence-electron chi connectivity index (χ2n) is 4.48. The Morgan fingerprint density at radius 1 is 1.41 bits per heavy atom. The molecule has 0 amide bonds. The monoisotopic (exact) mass is 252 g/mol. The van der Waals surface area contributed by atoms with Crippen LogP contribution in [-0.4, -0.2) is 29.3 Å². The Hall–Kier alpha value is -0.970.